The second kappa shape index (κ2) is 10.5. The molecular weight excluding hydrogens is 458 g/mol. The van der Waals surface area contributed by atoms with E-state index < -0.39 is 10.1 Å². The number of benzene rings is 4. The molecule has 180 valence electrons. The molecule has 0 aromatic heterocycles. The fourth-order valence-electron chi connectivity index (χ4n) is 4.53. The highest BCUT2D eigenvalue weighted by molar-refractivity contribution is 7.85. The molecule has 0 unspecified atom stereocenters. The van der Waals surface area contributed by atoms with Gasteiger partial charge in [-0.2, -0.15) is 8.42 Å². The van der Waals surface area contributed by atoms with Crippen molar-refractivity contribution in [3.05, 3.63) is 138 Å². The molecule has 35 heavy (non-hydrogen) atoms. The van der Waals surface area contributed by atoms with Crippen molar-refractivity contribution in [2.45, 2.75) is 23.5 Å². The smallest absolute Gasteiger partial charge is 0.294 e. The van der Waals surface area contributed by atoms with Crippen molar-refractivity contribution in [1.29, 1.82) is 0 Å². The van der Waals surface area contributed by atoms with Crippen LogP contribution in [0.5, 0.6) is 0 Å². The SMILES string of the molecule is Cc1ccc(S(=O)(=O)O)cc1.OC1CN(C(c2ccccc2)(c2ccccc2)c2ccccc2)C1. The molecule has 6 heteroatoms. The Kier molecular flexibility index (Phi) is 7.48. The lowest BCUT2D eigenvalue weighted by Gasteiger charge is -2.52. The largest absolute Gasteiger partial charge is 0.390 e. The number of aliphatic hydroxyl groups is 1. The van der Waals surface area contributed by atoms with Crippen molar-refractivity contribution in [1.82, 2.24) is 4.90 Å². The predicted molar refractivity (Wildman–Crippen MR) is 138 cm³/mol. The maximum absolute atomic E-state index is 10.5. The van der Waals surface area contributed by atoms with Gasteiger partial charge in [0.1, 0.15) is 0 Å². The fourth-order valence-corrected chi connectivity index (χ4v) is 5.01. The summed E-state index contributed by atoms with van der Waals surface area (Å²) in [5, 5.41) is 9.98. The summed E-state index contributed by atoms with van der Waals surface area (Å²) in [7, 11) is -4.02. The molecule has 2 N–H and O–H groups in total. The van der Waals surface area contributed by atoms with E-state index in [4.69, 9.17) is 4.55 Å². The molecule has 0 aliphatic carbocycles. The van der Waals surface area contributed by atoms with Gasteiger partial charge in [-0.1, -0.05) is 109 Å². The summed E-state index contributed by atoms with van der Waals surface area (Å²) < 4.78 is 29.6. The molecule has 1 heterocycles. The Balaban J connectivity index is 0.000000221. The van der Waals surface area contributed by atoms with Crippen molar-refractivity contribution >= 4 is 10.1 Å². The zero-order valence-corrected chi connectivity index (χ0v) is 20.3. The van der Waals surface area contributed by atoms with Crippen LogP contribution in [0.25, 0.3) is 0 Å². The summed E-state index contributed by atoms with van der Waals surface area (Å²) in [6.07, 6.45) is -0.250. The number of likely N-dealkylation sites (tertiary alicyclic amines) is 1. The quantitative estimate of drug-likeness (QED) is 0.309. The van der Waals surface area contributed by atoms with Crippen molar-refractivity contribution < 1.29 is 18.1 Å². The molecule has 1 saturated heterocycles. The lowest BCUT2D eigenvalue weighted by atomic mass is 9.74. The van der Waals surface area contributed by atoms with Gasteiger partial charge in [0.05, 0.1) is 16.5 Å². The van der Waals surface area contributed by atoms with Crippen LogP contribution in [0.15, 0.2) is 120 Å². The van der Waals surface area contributed by atoms with Gasteiger partial charge in [-0.15, -0.1) is 0 Å². The molecule has 0 spiro atoms. The summed E-state index contributed by atoms with van der Waals surface area (Å²) in [5.74, 6) is 0. The van der Waals surface area contributed by atoms with Crippen LogP contribution in [0, 0.1) is 6.92 Å². The van der Waals surface area contributed by atoms with Crippen molar-refractivity contribution in [2.24, 2.45) is 0 Å². The Morgan fingerprint density at radius 2 is 1.06 bits per heavy atom. The van der Waals surface area contributed by atoms with E-state index in [0.717, 1.165) is 5.56 Å². The molecule has 0 amide bonds. The molecule has 1 fully saturated rings. The van der Waals surface area contributed by atoms with E-state index in [1.165, 1.54) is 28.8 Å². The molecule has 5 rings (SSSR count). The molecule has 4 aromatic rings. The minimum absolute atomic E-state index is 0.0666. The highest BCUT2D eigenvalue weighted by Gasteiger charge is 2.46. The Bertz CT molecular complexity index is 1220. The minimum Gasteiger partial charge on any atom is -0.390 e. The summed E-state index contributed by atoms with van der Waals surface area (Å²) >= 11 is 0. The molecule has 5 nitrogen and oxygen atoms in total. The van der Waals surface area contributed by atoms with E-state index in [2.05, 4.69) is 95.9 Å². The Hall–Kier alpha value is -3.29. The van der Waals surface area contributed by atoms with E-state index in [1.807, 2.05) is 6.92 Å². The van der Waals surface area contributed by atoms with E-state index in [-0.39, 0.29) is 16.5 Å². The third kappa shape index (κ3) is 5.36. The summed E-state index contributed by atoms with van der Waals surface area (Å²) in [6, 6.07) is 37.8. The molecule has 0 atom stereocenters. The Morgan fingerprint density at radius 3 is 1.37 bits per heavy atom. The zero-order valence-electron chi connectivity index (χ0n) is 19.5. The third-order valence-electron chi connectivity index (χ3n) is 6.23. The van der Waals surface area contributed by atoms with Gasteiger partial charge in [0.15, 0.2) is 0 Å². The highest BCUT2D eigenvalue weighted by atomic mass is 32.2. The second-order valence-corrected chi connectivity index (χ2v) is 10.1. The fraction of sp³-hybridized carbons (Fsp3) is 0.172. The number of hydrogen-bond donors (Lipinski definition) is 2. The van der Waals surface area contributed by atoms with Crippen molar-refractivity contribution in [3.63, 3.8) is 0 Å². The first-order valence-electron chi connectivity index (χ1n) is 11.5. The molecular formula is C29H29NO4S. The van der Waals surface area contributed by atoms with E-state index in [0.29, 0.717) is 13.1 Å². The van der Waals surface area contributed by atoms with Crippen LogP contribution in [0.2, 0.25) is 0 Å². The van der Waals surface area contributed by atoms with Gasteiger partial charge in [-0.25, -0.2) is 0 Å². The Labute approximate surface area is 207 Å². The first-order chi connectivity index (χ1) is 16.8. The van der Waals surface area contributed by atoms with E-state index in [1.54, 1.807) is 12.1 Å². The van der Waals surface area contributed by atoms with E-state index >= 15 is 0 Å². The van der Waals surface area contributed by atoms with Crippen LogP contribution in [0.4, 0.5) is 0 Å². The average molecular weight is 488 g/mol. The number of nitrogens with zero attached hydrogens (tertiary/aromatic N) is 1. The van der Waals surface area contributed by atoms with Gasteiger partial charge in [-0.3, -0.25) is 9.45 Å². The number of rotatable bonds is 5. The molecule has 4 aromatic carbocycles. The second-order valence-electron chi connectivity index (χ2n) is 8.66. The molecule has 1 aliphatic rings. The van der Waals surface area contributed by atoms with Crippen molar-refractivity contribution in [3.8, 4) is 0 Å². The maximum Gasteiger partial charge on any atom is 0.294 e. The highest BCUT2D eigenvalue weighted by Crippen LogP contribution is 2.44. The predicted octanol–water partition coefficient (Wildman–Crippen LogP) is 4.90. The van der Waals surface area contributed by atoms with Gasteiger partial charge < -0.3 is 5.11 Å². The molecule has 0 bridgehead atoms. The van der Waals surface area contributed by atoms with Gasteiger partial charge in [0, 0.05) is 13.1 Å². The topological polar surface area (TPSA) is 77.8 Å². The maximum atomic E-state index is 10.5. The number of aliphatic hydroxyl groups excluding tert-OH is 1. The van der Waals surface area contributed by atoms with Crippen LogP contribution in [0.3, 0.4) is 0 Å². The van der Waals surface area contributed by atoms with Crippen LogP contribution in [-0.4, -0.2) is 42.2 Å². The molecule has 1 aliphatic heterocycles. The average Bonchev–Trinajstić information content (AvgIpc) is 2.86. The standard InChI is InChI=1S/C22H21NO.C7H8O3S/c24-21-16-23(17-21)22(18-10-4-1-5-11-18,19-12-6-2-7-13-19)20-14-8-3-9-15-20;1-6-2-4-7(5-3-6)11(8,9)10/h1-15,21,24H,16-17H2;2-5H,1H3,(H,8,9,10). The van der Waals surface area contributed by atoms with Gasteiger partial charge in [0.2, 0.25) is 0 Å². The first-order valence-corrected chi connectivity index (χ1v) is 12.9. The lowest BCUT2D eigenvalue weighted by Crippen LogP contribution is -2.61. The molecule has 0 saturated carbocycles. The van der Waals surface area contributed by atoms with Crippen LogP contribution >= 0.6 is 0 Å². The van der Waals surface area contributed by atoms with Gasteiger partial charge >= 0.3 is 0 Å². The Morgan fingerprint density at radius 1 is 0.686 bits per heavy atom. The summed E-state index contributed by atoms with van der Waals surface area (Å²) in [5.41, 5.74) is 4.28. The van der Waals surface area contributed by atoms with Crippen LogP contribution in [-0.2, 0) is 15.7 Å². The van der Waals surface area contributed by atoms with Gasteiger partial charge in [0.25, 0.3) is 10.1 Å². The summed E-state index contributed by atoms with van der Waals surface area (Å²) in [6.45, 7) is 3.20. The number of aryl methyl sites for hydroxylation is 1. The lowest BCUT2D eigenvalue weighted by molar-refractivity contribution is -0.0419. The zero-order chi connectivity index (χ0) is 24.9. The summed E-state index contributed by atoms with van der Waals surface area (Å²) in [4.78, 5) is 2.31. The minimum atomic E-state index is -4.02. The first kappa shape index (κ1) is 24.8. The van der Waals surface area contributed by atoms with Crippen molar-refractivity contribution in [2.75, 3.05) is 13.1 Å². The normalized spacial score (nSPS) is 14.5. The van der Waals surface area contributed by atoms with Crippen LogP contribution in [0.1, 0.15) is 22.3 Å². The van der Waals surface area contributed by atoms with Crippen LogP contribution < -0.4 is 0 Å². The monoisotopic (exact) mass is 487 g/mol. The number of hydrogen-bond acceptors (Lipinski definition) is 4. The van der Waals surface area contributed by atoms with Gasteiger partial charge in [-0.05, 0) is 35.7 Å². The molecule has 0 radical (unpaired) electrons. The van der Waals surface area contributed by atoms with E-state index in [9.17, 15) is 13.5 Å². The third-order valence-corrected chi connectivity index (χ3v) is 7.10. The number of β-amino-alcohol motifs (C(OH)–C–C–N with tert-alkyl or cyclic N) is 1.